The van der Waals surface area contributed by atoms with Gasteiger partial charge in [0.05, 0.1) is 17.4 Å². The molecular weight excluding hydrogens is 466 g/mol. The van der Waals surface area contributed by atoms with Gasteiger partial charge in [0.25, 0.3) is 0 Å². The molecule has 36 heavy (non-hydrogen) atoms. The van der Waals surface area contributed by atoms with Crippen LogP contribution in [0.5, 0.6) is 0 Å². The fraction of sp³-hybridized carbons (Fsp3) is 0.300. The van der Waals surface area contributed by atoms with Gasteiger partial charge in [0.2, 0.25) is 0 Å². The van der Waals surface area contributed by atoms with Crippen LogP contribution in [-0.4, -0.2) is 58.8 Å². The highest BCUT2D eigenvalue weighted by Crippen LogP contribution is 2.30. The number of benzene rings is 3. The van der Waals surface area contributed by atoms with Crippen molar-refractivity contribution in [1.29, 1.82) is 0 Å². The smallest absolute Gasteiger partial charge is 0.0769 e. The Morgan fingerprint density at radius 1 is 0.833 bits per heavy atom. The number of para-hydroxylation sites is 1. The van der Waals surface area contributed by atoms with E-state index in [9.17, 15) is 0 Å². The lowest BCUT2D eigenvalue weighted by atomic mass is 9.96. The second-order valence-corrected chi connectivity index (χ2v) is 9.88. The molecule has 0 saturated carbocycles. The van der Waals surface area contributed by atoms with Crippen molar-refractivity contribution in [3.8, 4) is 5.69 Å². The maximum Gasteiger partial charge on any atom is 0.0769 e. The van der Waals surface area contributed by atoms with E-state index in [1.165, 1.54) is 11.1 Å². The summed E-state index contributed by atoms with van der Waals surface area (Å²) in [4.78, 5) is 5.16. The monoisotopic (exact) mass is 499 g/mol. The molecule has 1 aliphatic heterocycles. The van der Waals surface area contributed by atoms with Crippen LogP contribution in [0.15, 0.2) is 91.0 Å². The Morgan fingerprint density at radius 3 is 2.17 bits per heavy atom. The summed E-state index contributed by atoms with van der Waals surface area (Å²) in [5, 5.41) is 9.15. The molecule has 1 fully saturated rings. The first-order valence-electron chi connectivity index (χ1n) is 12.8. The van der Waals surface area contributed by atoms with Crippen LogP contribution in [0.25, 0.3) is 5.69 Å². The van der Waals surface area contributed by atoms with Gasteiger partial charge in [-0.05, 0) is 48.4 Å². The Bertz CT molecular complexity index is 1220. The molecule has 0 amide bonds. The first-order chi connectivity index (χ1) is 17.7. The summed E-state index contributed by atoms with van der Waals surface area (Å²) in [7, 11) is 0. The quantitative estimate of drug-likeness (QED) is 0.316. The van der Waals surface area contributed by atoms with Gasteiger partial charge in [0.15, 0.2) is 0 Å². The third kappa shape index (κ3) is 6.05. The molecule has 5 nitrogen and oxygen atoms in total. The van der Waals surface area contributed by atoms with Gasteiger partial charge in [-0.3, -0.25) is 9.80 Å². The third-order valence-electron chi connectivity index (χ3n) is 6.92. The molecule has 1 unspecified atom stereocenters. The number of hydrogen-bond acceptors (Lipinski definition) is 4. The number of rotatable bonds is 9. The molecule has 1 aliphatic rings. The molecule has 5 rings (SSSR count). The number of piperazine rings is 1. The first kappa shape index (κ1) is 24.7. The van der Waals surface area contributed by atoms with E-state index in [4.69, 9.17) is 16.7 Å². The number of nitrogens with zero attached hydrogens (tertiary/aromatic N) is 4. The minimum absolute atomic E-state index is 0.256. The molecule has 186 valence electrons. The van der Waals surface area contributed by atoms with Crippen LogP contribution in [0.2, 0.25) is 5.02 Å². The molecule has 3 aromatic carbocycles. The molecule has 0 radical (unpaired) electrons. The van der Waals surface area contributed by atoms with Gasteiger partial charge in [-0.2, -0.15) is 5.10 Å². The predicted octanol–water partition coefficient (Wildman–Crippen LogP) is 5.33. The standard InChI is InChI=1S/C30H34ClN5/c1-24-22-28(33-36(24)29-10-6-3-7-11-29)23-32-16-17-34-18-20-35(21-19-34)30(25-8-4-2-5-9-25)26-12-14-27(31)15-13-26/h2-15,22,30,32H,16-21,23H2,1H3. The lowest BCUT2D eigenvalue weighted by Crippen LogP contribution is -2.49. The highest BCUT2D eigenvalue weighted by molar-refractivity contribution is 6.30. The predicted molar refractivity (Wildman–Crippen MR) is 148 cm³/mol. The number of nitrogens with one attached hydrogen (secondary N) is 1. The van der Waals surface area contributed by atoms with Gasteiger partial charge >= 0.3 is 0 Å². The molecule has 1 saturated heterocycles. The number of hydrogen-bond donors (Lipinski definition) is 1. The Kier molecular flexibility index (Phi) is 8.14. The van der Waals surface area contributed by atoms with Crippen LogP contribution in [0.4, 0.5) is 0 Å². The summed E-state index contributed by atoms with van der Waals surface area (Å²) in [6, 6.07) is 31.9. The van der Waals surface area contributed by atoms with Crippen molar-refractivity contribution in [2.75, 3.05) is 39.3 Å². The van der Waals surface area contributed by atoms with Crippen LogP contribution in [0.1, 0.15) is 28.6 Å². The fourth-order valence-corrected chi connectivity index (χ4v) is 5.17. The van der Waals surface area contributed by atoms with Crippen LogP contribution in [0, 0.1) is 6.92 Å². The third-order valence-corrected chi connectivity index (χ3v) is 7.17. The van der Waals surface area contributed by atoms with E-state index >= 15 is 0 Å². The molecule has 0 spiro atoms. The molecule has 1 N–H and O–H groups in total. The number of halogens is 1. The summed E-state index contributed by atoms with van der Waals surface area (Å²) in [5.41, 5.74) is 5.97. The number of aromatic nitrogens is 2. The number of aryl methyl sites for hydroxylation is 1. The van der Waals surface area contributed by atoms with Crippen molar-refractivity contribution >= 4 is 11.6 Å². The van der Waals surface area contributed by atoms with Crippen LogP contribution >= 0.6 is 11.6 Å². The molecule has 1 aromatic heterocycles. The van der Waals surface area contributed by atoms with Crippen molar-refractivity contribution in [2.24, 2.45) is 0 Å². The Balaban J connectivity index is 1.12. The molecule has 2 heterocycles. The summed E-state index contributed by atoms with van der Waals surface area (Å²) < 4.78 is 2.01. The SMILES string of the molecule is Cc1cc(CNCCN2CCN(C(c3ccccc3)c3ccc(Cl)cc3)CC2)nn1-c1ccccc1. The Hall–Kier alpha value is -2.96. The lowest BCUT2D eigenvalue weighted by molar-refractivity contribution is 0.110. The molecular formula is C30H34ClN5. The molecule has 0 bridgehead atoms. The second-order valence-electron chi connectivity index (χ2n) is 9.44. The zero-order chi connectivity index (χ0) is 24.7. The van der Waals surface area contributed by atoms with E-state index < -0.39 is 0 Å². The molecule has 1 atom stereocenters. The zero-order valence-corrected chi connectivity index (χ0v) is 21.6. The minimum atomic E-state index is 0.256. The molecule has 0 aliphatic carbocycles. The van der Waals surface area contributed by atoms with E-state index in [-0.39, 0.29) is 6.04 Å². The van der Waals surface area contributed by atoms with E-state index in [1.807, 2.05) is 35.0 Å². The van der Waals surface area contributed by atoms with E-state index in [1.54, 1.807) is 0 Å². The highest BCUT2D eigenvalue weighted by Gasteiger charge is 2.26. The van der Waals surface area contributed by atoms with Crippen molar-refractivity contribution < 1.29 is 0 Å². The fourth-order valence-electron chi connectivity index (χ4n) is 5.05. The normalized spacial score (nSPS) is 15.7. The van der Waals surface area contributed by atoms with Crippen LogP contribution < -0.4 is 5.32 Å². The van der Waals surface area contributed by atoms with Gasteiger partial charge in [-0.25, -0.2) is 4.68 Å². The lowest BCUT2D eigenvalue weighted by Gasteiger charge is -2.39. The summed E-state index contributed by atoms with van der Waals surface area (Å²) in [5.74, 6) is 0. The Morgan fingerprint density at radius 2 is 1.47 bits per heavy atom. The molecule has 4 aromatic rings. The summed E-state index contributed by atoms with van der Waals surface area (Å²) >= 11 is 6.17. The van der Waals surface area contributed by atoms with Gasteiger partial charge in [0.1, 0.15) is 0 Å². The second kappa shape index (κ2) is 11.8. The maximum atomic E-state index is 6.17. The van der Waals surface area contributed by atoms with Crippen molar-refractivity contribution in [3.63, 3.8) is 0 Å². The van der Waals surface area contributed by atoms with Gasteiger partial charge in [-0.15, -0.1) is 0 Å². The van der Waals surface area contributed by atoms with Gasteiger partial charge < -0.3 is 5.32 Å². The average molecular weight is 500 g/mol. The highest BCUT2D eigenvalue weighted by atomic mass is 35.5. The summed E-state index contributed by atoms with van der Waals surface area (Å²) in [6.07, 6.45) is 0. The summed E-state index contributed by atoms with van der Waals surface area (Å²) in [6.45, 7) is 9.12. The maximum absolute atomic E-state index is 6.17. The van der Waals surface area contributed by atoms with E-state index in [2.05, 4.69) is 82.7 Å². The average Bonchev–Trinajstić information content (AvgIpc) is 3.30. The largest absolute Gasteiger partial charge is 0.310 e. The zero-order valence-electron chi connectivity index (χ0n) is 20.9. The Labute approximate surface area is 219 Å². The van der Waals surface area contributed by atoms with Gasteiger partial charge in [0, 0.05) is 56.5 Å². The molecule has 6 heteroatoms. The van der Waals surface area contributed by atoms with Crippen LogP contribution in [0.3, 0.4) is 0 Å². The van der Waals surface area contributed by atoms with Crippen LogP contribution in [-0.2, 0) is 6.54 Å². The van der Waals surface area contributed by atoms with Gasteiger partial charge in [-0.1, -0.05) is 72.3 Å². The first-order valence-corrected chi connectivity index (χ1v) is 13.1. The van der Waals surface area contributed by atoms with E-state index in [0.717, 1.165) is 67.9 Å². The minimum Gasteiger partial charge on any atom is -0.310 e. The van der Waals surface area contributed by atoms with Crippen molar-refractivity contribution in [1.82, 2.24) is 24.9 Å². The van der Waals surface area contributed by atoms with Crippen molar-refractivity contribution in [3.05, 3.63) is 119 Å². The van der Waals surface area contributed by atoms with E-state index in [0.29, 0.717) is 0 Å². The van der Waals surface area contributed by atoms with Crippen molar-refractivity contribution in [2.45, 2.75) is 19.5 Å². The topological polar surface area (TPSA) is 36.3 Å².